The van der Waals surface area contributed by atoms with Crippen LogP contribution in [0.25, 0.3) is 0 Å². The third kappa shape index (κ3) is 3.88. The maximum Gasteiger partial charge on any atom is 0.216 e. The predicted octanol–water partition coefficient (Wildman–Crippen LogP) is 2.14. The van der Waals surface area contributed by atoms with Crippen LogP contribution in [0.15, 0.2) is 24.3 Å². The molecular weight excluding hydrogens is 304 g/mol. The average molecular weight is 332 g/mol. The number of nitrogens with one attached hydrogen (secondary N) is 1. The molecule has 0 spiro atoms. The summed E-state index contributed by atoms with van der Waals surface area (Å²) in [7, 11) is 9.44. The first-order valence-electron chi connectivity index (χ1n) is 8.06. The van der Waals surface area contributed by atoms with Gasteiger partial charge in [0.15, 0.2) is 0 Å². The highest BCUT2D eigenvalue weighted by atomic mass is 16.5. The number of likely N-dealkylation sites (N-methyl/N-ethyl adjacent to an activating group) is 1. The molecule has 0 aliphatic rings. The number of aromatic nitrogens is 2. The summed E-state index contributed by atoms with van der Waals surface area (Å²) in [5, 5.41) is 7.95. The van der Waals surface area contributed by atoms with E-state index in [1.807, 2.05) is 32.2 Å². The van der Waals surface area contributed by atoms with Gasteiger partial charge in [0, 0.05) is 25.7 Å². The van der Waals surface area contributed by atoms with Crippen LogP contribution in [0, 0.1) is 6.92 Å². The molecule has 1 aromatic heterocycles. The Morgan fingerprint density at radius 3 is 2.54 bits per heavy atom. The van der Waals surface area contributed by atoms with Crippen molar-refractivity contribution in [2.45, 2.75) is 19.5 Å². The summed E-state index contributed by atoms with van der Waals surface area (Å²) in [5.41, 5.74) is 3.26. The number of benzene rings is 1. The number of para-hydroxylation sites is 1. The number of rotatable bonds is 8. The summed E-state index contributed by atoms with van der Waals surface area (Å²) in [6.45, 7) is 3.51. The molecule has 0 aliphatic heterocycles. The standard InChI is InChI=1S/C18H28N4O2/c1-13-15(18(24-6)22(4)20-13)11-19-12-16(21(2)3)14-9-7-8-10-17(14)23-5/h7-10,16,19H,11-12H2,1-6H3/t16-/m0/s1. The second-order valence-corrected chi connectivity index (χ2v) is 6.05. The highest BCUT2D eigenvalue weighted by Crippen LogP contribution is 2.28. The Labute approximate surface area is 144 Å². The van der Waals surface area contributed by atoms with Crippen molar-refractivity contribution >= 4 is 0 Å². The van der Waals surface area contributed by atoms with E-state index in [-0.39, 0.29) is 6.04 Å². The van der Waals surface area contributed by atoms with Crippen LogP contribution in [0.2, 0.25) is 0 Å². The Morgan fingerprint density at radius 1 is 1.21 bits per heavy atom. The van der Waals surface area contributed by atoms with E-state index in [0.717, 1.165) is 29.4 Å². The van der Waals surface area contributed by atoms with Crippen LogP contribution in [-0.4, -0.2) is 49.5 Å². The molecule has 1 N–H and O–H groups in total. The second-order valence-electron chi connectivity index (χ2n) is 6.05. The summed E-state index contributed by atoms with van der Waals surface area (Å²) in [4.78, 5) is 2.19. The zero-order valence-corrected chi connectivity index (χ0v) is 15.5. The molecule has 1 aromatic carbocycles. The molecular formula is C18H28N4O2. The lowest BCUT2D eigenvalue weighted by molar-refractivity contribution is 0.278. The van der Waals surface area contributed by atoms with Crippen molar-refractivity contribution in [3.05, 3.63) is 41.1 Å². The Kier molecular flexibility index (Phi) is 6.23. The largest absolute Gasteiger partial charge is 0.496 e. The molecule has 0 amide bonds. The van der Waals surface area contributed by atoms with Gasteiger partial charge >= 0.3 is 0 Å². The predicted molar refractivity (Wildman–Crippen MR) is 95.6 cm³/mol. The molecule has 0 aliphatic carbocycles. The van der Waals surface area contributed by atoms with E-state index in [2.05, 4.69) is 35.5 Å². The van der Waals surface area contributed by atoms with Gasteiger partial charge < -0.3 is 19.7 Å². The van der Waals surface area contributed by atoms with Gasteiger partial charge in [-0.15, -0.1) is 0 Å². The van der Waals surface area contributed by atoms with Gasteiger partial charge in [-0.05, 0) is 27.1 Å². The van der Waals surface area contributed by atoms with Gasteiger partial charge in [0.2, 0.25) is 5.88 Å². The Bertz CT molecular complexity index is 667. The summed E-state index contributed by atoms with van der Waals surface area (Å²) in [6, 6.07) is 8.36. The lowest BCUT2D eigenvalue weighted by Gasteiger charge is -2.26. The van der Waals surface area contributed by atoms with E-state index in [9.17, 15) is 0 Å². The van der Waals surface area contributed by atoms with Crippen molar-refractivity contribution in [1.29, 1.82) is 0 Å². The summed E-state index contributed by atoms with van der Waals surface area (Å²) in [5.74, 6) is 1.71. The molecule has 1 atom stereocenters. The molecule has 1 heterocycles. The van der Waals surface area contributed by atoms with E-state index in [4.69, 9.17) is 9.47 Å². The van der Waals surface area contributed by atoms with Crippen LogP contribution < -0.4 is 14.8 Å². The molecule has 0 radical (unpaired) electrons. The number of hydrogen-bond donors (Lipinski definition) is 1. The monoisotopic (exact) mass is 332 g/mol. The van der Waals surface area contributed by atoms with Crippen molar-refractivity contribution in [3.63, 3.8) is 0 Å². The summed E-state index contributed by atoms with van der Waals surface area (Å²) in [6.07, 6.45) is 0. The smallest absolute Gasteiger partial charge is 0.216 e. The fraction of sp³-hybridized carbons (Fsp3) is 0.500. The minimum Gasteiger partial charge on any atom is -0.496 e. The SMILES string of the molecule is COc1ccccc1[C@H](CNCc1c(C)nn(C)c1OC)N(C)C. The minimum atomic E-state index is 0.212. The zero-order chi connectivity index (χ0) is 17.7. The van der Waals surface area contributed by atoms with Crippen LogP contribution in [0.5, 0.6) is 11.6 Å². The molecule has 6 nitrogen and oxygen atoms in total. The number of hydrogen-bond acceptors (Lipinski definition) is 5. The van der Waals surface area contributed by atoms with Crippen LogP contribution >= 0.6 is 0 Å². The molecule has 6 heteroatoms. The van der Waals surface area contributed by atoms with Gasteiger partial charge in [0.1, 0.15) is 5.75 Å². The fourth-order valence-electron chi connectivity index (χ4n) is 2.99. The topological polar surface area (TPSA) is 51.6 Å². The second kappa shape index (κ2) is 8.17. The van der Waals surface area contributed by atoms with Crippen LogP contribution in [-0.2, 0) is 13.6 Å². The molecule has 24 heavy (non-hydrogen) atoms. The molecule has 0 fully saturated rings. The number of ether oxygens (including phenoxy) is 2. The van der Waals surface area contributed by atoms with Gasteiger partial charge in [-0.1, -0.05) is 18.2 Å². The van der Waals surface area contributed by atoms with Crippen molar-refractivity contribution in [1.82, 2.24) is 20.0 Å². The van der Waals surface area contributed by atoms with E-state index < -0.39 is 0 Å². The van der Waals surface area contributed by atoms with Gasteiger partial charge in [0.05, 0.1) is 31.5 Å². The van der Waals surface area contributed by atoms with E-state index >= 15 is 0 Å². The van der Waals surface area contributed by atoms with Crippen molar-refractivity contribution < 1.29 is 9.47 Å². The maximum absolute atomic E-state index is 5.51. The summed E-state index contributed by atoms with van der Waals surface area (Å²) >= 11 is 0. The summed E-state index contributed by atoms with van der Waals surface area (Å²) < 4.78 is 12.7. The zero-order valence-electron chi connectivity index (χ0n) is 15.5. The van der Waals surface area contributed by atoms with Crippen LogP contribution in [0.3, 0.4) is 0 Å². The molecule has 0 unspecified atom stereocenters. The number of methoxy groups -OCH3 is 2. The Hall–Kier alpha value is -2.05. The average Bonchev–Trinajstić information content (AvgIpc) is 2.84. The molecule has 0 saturated carbocycles. The maximum atomic E-state index is 5.51. The minimum absolute atomic E-state index is 0.212. The number of aryl methyl sites for hydroxylation is 2. The third-order valence-corrected chi connectivity index (χ3v) is 4.24. The number of nitrogens with zero attached hydrogens (tertiary/aromatic N) is 3. The van der Waals surface area contributed by atoms with Crippen LogP contribution in [0.1, 0.15) is 22.9 Å². The van der Waals surface area contributed by atoms with Gasteiger partial charge in [-0.25, -0.2) is 4.68 Å². The lowest BCUT2D eigenvalue weighted by Crippen LogP contribution is -2.31. The Balaban J connectivity index is 2.11. The highest BCUT2D eigenvalue weighted by Gasteiger charge is 2.19. The molecule has 0 bridgehead atoms. The highest BCUT2D eigenvalue weighted by molar-refractivity contribution is 5.36. The van der Waals surface area contributed by atoms with Gasteiger partial charge in [0.25, 0.3) is 0 Å². The fourth-order valence-corrected chi connectivity index (χ4v) is 2.99. The van der Waals surface area contributed by atoms with Crippen molar-refractivity contribution in [2.24, 2.45) is 7.05 Å². The van der Waals surface area contributed by atoms with Crippen molar-refractivity contribution in [3.8, 4) is 11.6 Å². The molecule has 2 aromatic rings. The van der Waals surface area contributed by atoms with Gasteiger partial charge in [-0.3, -0.25) is 0 Å². The first kappa shape index (κ1) is 18.3. The normalized spacial score (nSPS) is 12.5. The Morgan fingerprint density at radius 2 is 1.92 bits per heavy atom. The van der Waals surface area contributed by atoms with E-state index in [0.29, 0.717) is 6.54 Å². The molecule has 2 rings (SSSR count). The quantitative estimate of drug-likeness (QED) is 0.803. The molecule has 132 valence electrons. The van der Waals surface area contributed by atoms with Gasteiger partial charge in [-0.2, -0.15) is 5.10 Å². The molecule has 0 saturated heterocycles. The van der Waals surface area contributed by atoms with E-state index in [1.165, 1.54) is 5.56 Å². The third-order valence-electron chi connectivity index (χ3n) is 4.24. The first-order chi connectivity index (χ1) is 11.5. The van der Waals surface area contributed by atoms with Crippen LogP contribution in [0.4, 0.5) is 0 Å². The lowest BCUT2D eigenvalue weighted by atomic mass is 10.0. The first-order valence-corrected chi connectivity index (χ1v) is 8.06. The van der Waals surface area contributed by atoms with Crippen molar-refractivity contribution in [2.75, 3.05) is 34.9 Å². The van der Waals surface area contributed by atoms with E-state index in [1.54, 1.807) is 18.9 Å².